The van der Waals surface area contributed by atoms with Gasteiger partial charge in [0.05, 0.1) is 0 Å². The fourth-order valence-electron chi connectivity index (χ4n) is 5.73. The van der Waals surface area contributed by atoms with E-state index in [2.05, 4.69) is 214 Å². The van der Waals surface area contributed by atoms with Crippen LogP contribution in [0.2, 0.25) is 0 Å². The number of hydrogen-bond acceptors (Lipinski definition) is 0. The molecule has 2 unspecified atom stereocenters. The first-order chi connectivity index (χ1) is 21.9. The van der Waals surface area contributed by atoms with Crippen molar-refractivity contribution in [1.82, 2.24) is 0 Å². The summed E-state index contributed by atoms with van der Waals surface area (Å²) < 4.78 is 0. The van der Waals surface area contributed by atoms with Crippen molar-refractivity contribution >= 4 is 25.8 Å². The van der Waals surface area contributed by atoms with Gasteiger partial charge < -0.3 is 0 Å². The van der Waals surface area contributed by atoms with Crippen molar-refractivity contribution in [2.75, 3.05) is 0 Å². The molecule has 0 bridgehead atoms. The van der Waals surface area contributed by atoms with E-state index in [1.54, 1.807) is 0 Å². The van der Waals surface area contributed by atoms with Gasteiger partial charge in [0, 0.05) is 36.7 Å². The van der Waals surface area contributed by atoms with Gasteiger partial charge in [0.25, 0.3) is 0 Å². The molecule has 50 heavy (non-hydrogen) atoms. The highest BCUT2D eigenvalue weighted by atomic mass is 32.1. The molecule has 2 aromatic rings. The van der Waals surface area contributed by atoms with Gasteiger partial charge in [-0.05, 0) is 107 Å². The monoisotopic (exact) mass is 715 g/mol. The van der Waals surface area contributed by atoms with Crippen LogP contribution in [-0.2, 0) is 32.5 Å². The normalized spacial score (nSPS) is 15.1. The zero-order valence-electron chi connectivity index (χ0n) is 37.2. The van der Waals surface area contributed by atoms with Crippen LogP contribution in [-0.4, -0.2) is 0 Å². The van der Waals surface area contributed by atoms with Crippen LogP contribution >= 0.6 is 15.2 Å². The van der Waals surface area contributed by atoms with E-state index < -0.39 is 15.2 Å². The maximum absolute atomic E-state index is 4.14. The Morgan fingerprint density at radius 3 is 0.660 bits per heavy atom. The Hall–Kier alpha value is -1.58. The van der Waals surface area contributed by atoms with Gasteiger partial charge >= 0.3 is 0 Å². The summed E-state index contributed by atoms with van der Waals surface area (Å²) in [6.07, 6.45) is 0. The first-order valence-electron chi connectivity index (χ1n) is 18.9. The second kappa shape index (κ2) is 14.3. The summed E-state index contributed by atoms with van der Waals surface area (Å²) in [5.74, 6) is 7.70. The Balaban J connectivity index is 3.60. The molecule has 0 heterocycles. The molecule has 0 fully saturated rings. The van der Waals surface area contributed by atoms with Gasteiger partial charge in [0.2, 0.25) is 0 Å². The lowest BCUT2D eigenvalue weighted by molar-refractivity contribution is 0.552. The first-order valence-corrected chi connectivity index (χ1v) is 22.3. The highest BCUT2D eigenvalue weighted by molar-refractivity contribution is 8.39. The van der Waals surface area contributed by atoms with Crippen LogP contribution in [0.25, 0.3) is 0 Å². The van der Waals surface area contributed by atoms with E-state index in [9.17, 15) is 0 Å². The van der Waals surface area contributed by atoms with E-state index in [0.29, 0.717) is 0 Å². The predicted molar refractivity (Wildman–Crippen MR) is 233 cm³/mol. The second-order valence-corrected chi connectivity index (χ2v) is 27.9. The molecule has 0 radical (unpaired) electrons. The molecule has 0 aliphatic rings. The van der Waals surface area contributed by atoms with Crippen molar-refractivity contribution < 1.29 is 0 Å². The van der Waals surface area contributed by atoms with Crippen molar-refractivity contribution in [3.63, 3.8) is 0 Å². The lowest BCUT2D eigenvalue weighted by Crippen LogP contribution is -2.34. The topological polar surface area (TPSA) is 0 Å². The molecule has 278 valence electrons. The highest BCUT2D eigenvalue weighted by Gasteiger charge is 2.40. The van der Waals surface area contributed by atoms with Gasteiger partial charge in [0.1, 0.15) is 0 Å². The fraction of sp³-hybridized carbons (Fsp3) is 0.667. The van der Waals surface area contributed by atoms with Gasteiger partial charge in [0.15, 0.2) is 0 Å². The summed E-state index contributed by atoms with van der Waals surface area (Å²) >= 11 is 0. The fourth-order valence-corrected chi connectivity index (χ4v) is 13.3. The van der Waals surface area contributed by atoms with Crippen molar-refractivity contribution in [1.29, 1.82) is 0 Å². The van der Waals surface area contributed by atoms with E-state index in [-0.39, 0.29) is 43.3 Å². The summed E-state index contributed by atoms with van der Waals surface area (Å²) in [5.41, 5.74) is 16.3. The molecule has 0 N–H and O–H groups in total. The molecule has 2 atom stereocenters. The molecule has 2 rings (SSSR count). The summed E-state index contributed by atoms with van der Waals surface area (Å²) in [6, 6.07) is 10.2. The molecular weight excluding hydrogens is 638 g/mol. The van der Waals surface area contributed by atoms with Crippen molar-refractivity contribution in [3.05, 3.63) is 57.6 Å². The molecule has 2 heteroatoms. The van der Waals surface area contributed by atoms with E-state index in [1.165, 1.54) is 44.0 Å². The summed E-state index contributed by atoms with van der Waals surface area (Å²) in [6.45, 7) is 56.5. The molecule has 0 aliphatic carbocycles. The third-order valence-corrected chi connectivity index (χ3v) is 14.7. The van der Waals surface area contributed by atoms with Crippen LogP contribution in [0.15, 0.2) is 24.3 Å². The molecule has 0 aliphatic heterocycles. The molecule has 0 aromatic heterocycles. The molecular formula is C48H76P2. The highest BCUT2D eigenvalue weighted by Crippen LogP contribution is 2.70. The second-order valence-electron chi connectivity index (χ2n) is 22.9. The van der Waals surface area contributed by atoms with Gasteiger partial charge in [-0.25, -0.2) is 0 Å². The number of rotatable bonds is 3. The van der Waals surface area contributed by atoms with E-state index in [4.69, 9.17) is 0 Å². The SMILES string of the molecule is CC(C)(C)C#CP(c1c(C(C)(C)C)cc(C(C)(C)C)cc1C(C)(C)C)P(C#CC(C)(C)C)c1c(C(C)(C)C)cc(C(C)(C)C)cc1C(C)(C)C. The van der Waals surface area contributed by atoms with Crippen LogP contribution in [0.3, 0.4) is 0 Å². The molecule has 0 saturated carbocycles. The summed E-state index contributed by atoms with van der Waals surface area (Å²) in [4.78, 5) is 0. The third kappa shape index (κ3) is 11.7. The maximum Gasteiger partial charge on any atom is 0.0461 e. The minimum Gasteiger partial charge on any atom is -0.0920 e. The van der Waals surface area contributed by atoms with Crippen LogP contribution in [0.4, 0.5) is 0 Å². The van der Waals surface area contributed by atoms with Crippen molar-refractivity contribution in [3.8, 4) is 23.2 Å². The minimum absolute atomic E-state index is 0.0245. The van der Waals surface area contributed by atoms with Gasteiger partial charge in [-0.15, -0.1) is 0 Å². The summed E-state index contributed by atoms with van der Waals surface area (Å²) in [7, 11) is -2.13. The Kier molecular flexibility index (Phi) is 12.8. The molecule has 0 amide bonds. The molecule has 0 spiro atoms. The minimum atomic E-state index is -1.07. The van der Waals surface area contributed by atoms with Crippen molar-refractivity contribution in [2.45, 2.75) is 199 Å². The van der Waals surface area contributed by atoms with Gasteiger partial charge in [-0.1, -0.05) is 172 Å². The van der Waals surface area contributed by atoms with Crippen LogP contribution < -0.4 is 10.6 Å². The summed E-state index contributed by atoms with van der Waals surface area (Å²) in [5, 5.41) is 2.94. The Morgan fingerprint density at radius 1 is 0.320 bits per heavy atom. The van der Waals surface area contributed by atoms with E-state index in [1.807, 2.05) is 0 Å². The molecule has 0 nitrogen and oxygen atoms in total. The van der Waals surface area contributed by atoms with Crippen LogP contribution in [0, 0.1) is 34.0 Å². The quantitative estimate of drug-likeness (QED) is 0.219. The predicted octanol–water partition coefficient (Wildman–Crippen LogP) is 14.3. The Bertz CT molecular complexity index is 1450. The largest absolute Gasteiger partial charge is 0.0920 e. The Labute approximate surface area is 315 Å². The first kappa shape index (κ1) is 44.6. The average Bonchev–Trinajstić information content (AvgIpc) is 2.84. The molecule has 0 saturated heterocycles. The smallest absolute Gasteiger partial charge is 0.0461 e. The van der Waals surface area contributed by atoms with Crippen LogP contribution in [0.1, 0.15) is 200 Å². The number of hydrogen-bond donors (Lipinski definition) is 0. The van der Waals surface area contributed by atoms with E-state index >= 15 is 0 Å². The van der Waals surface area contributed by atoms with E-state index in [0.717, 1.165) is 0 Å². The van der Waals surface area contributed by atoms with Gasteiger partial charge in [-0.2, -0.15) is 0 Å². The zero-order valence-corrected chi connectivity index (χ0v) is 39.0. The lowest BCUT2D eigenvalue weighted by atomic mass is 9.75. The third-order valence-electron chi connectivity index (χ3n) is 8.88. The standard InChI is InChI=1S/C48H76P2/c1-41(2,3)25-27-49(39-35(45(13,14)15)29-33(43(7,8)9)30-36(39)46(16,17)18)50(28-26-42(4,5)6)40-37(47(19,20)21)31-34(44(10,11)12)32-38(40)48(22,23)24/h29-32H,1-24H3. The van der Waals surface area contributed by atoms with Crippen molar-refractivity contribution in [2.24, 2.45) is 10.8 Å². The van der Waals surface area contributed by atoms with Crippen LogP contribution in [0.5, 0.6) is 0 Å². The van der Waals surface area contributed by atoms with Gasteiger partial charge in [-0.3, -0.25) is 0 Å². The maximum atomic E-state index is 4.14. The average molecular weight is 715 g/mol. The lowest BCUT2D eigenvalue weighted by Gasteiger charge is -2.39. The zero-order chi connectivity index (χ0) is 39.4. The number of benzene rings is 2. The molecule has 2 aromatic carbocycles. The Morgan fingerprint density at radius 2 is 0.520 bits per heavy atom.